The van der Waals surface area contributed by atoms with E-state index < -0.39 is 84.8 Å². The minimum atomic E-state index is -4.65. The molecule has 0 aliphatic carbocycles. The van der Waals surface area contributed by atoms with Crippen molar-refractivity contribution in [3.05, 3.63) is 281 Å². The SMILES string of the molecule is COc1ccc(C(OC[C@H]2O[C@@H](n3cc(C)c(=O)[nH]c3=O)C[C@@H]2O[P@](=O)(OC[C@H]2O[C@@H](n3cc(C)c(=O)[nH]c3=O)C[C@@H]2OC(c2ccccc2)(c2ccc(OC)cc2)c2ccc(OC)cc2)c2cccnc2)(c2ccccc2)c2ccc(OC)cc2)cc1. The van der Waals surface area contributed by atoms with E-state index in [-0.39, 0.29) is 35.9 Å². The van der Waals surface area contributed by atoms with Gasteiger partial charge in [-0.15, -0.1) is 0 Å². The summed E-state index contributed by atoms with van der Waals surface area (Å²) in [5.74, 6) is 2.44. The van der Waals surface area contributed by atoms with Gasteiger partial charge in [0.15, 0.2) is 0 Å². The number of H-pyrrole nitrogens is 2. The normalized spacial score (nSPS) is 19.2. The zero-order valence-corrected chi connectivity index (χ0v) is 50.1. The lowest BCUT2D eigenvalue weighted by Crippen LogP contribution is -2.41. The number of aromatic amines is 2. The minimum Gasteiger partial charge on any atom is -0.497 e. The first-order valence-electron chi connectivity index (χ1n) is 28.5. The number of aryl methyl sites for hydroxylation is 2. The number of nitrogens with zero attached hydrogens (tertiary/aromatic N) is 3. The standard InChI is InChI=1S/C67H66N5O15P/c1-43-39-71(64(75)69-62(43)73)60-36-56(86-67(46-16-11-8-12-17-46,49-23-31-53(80-5)32-24-49)50-25-33-54(81-6)34-26-50)59(85-60)42-83-88(77,55-18-13-35-68-38-55)87-57-37-61(72-40-44(2)63(74)70-65(72)76)84-58(57)41-82-66(45-14-9-7-10-15-45,47-19-27-51(78-3)28-20-47)48-21-29-52(79-4)30-22-48/h7-35,38-40,56-61H,36-37,41-42H2,1-6H3,(H,69,73,75)(H,70,74,76)/t56-,57-,58+,59+,60+,61+,88+/m0/s1. The second-order valence-electron chi connectivity index (χ2n) is 21.3. The van der Waals surface area contributed by atoms with Crippen LogP contribution in [0.4, 0.5) is 0 Å². The number of hydrogen-bond donors (Lipinski definition) is 2. The van der Waals surface area contributed by atoms with Crippen LogP contribution in [0.5, 0.6) is 23.0 Å². The highest BCUT2D eigenvalue weighted by Gasteiger charge is 2.50. The van der Waals surface area contributed by atoms with Crippen molar-refractivity contribution in [2.45, 2.75) is 74.8 Å². The van der Waals surface area contributed by atoms with Crippen LogP contribution in [0.2, 0.25) is 0 Å². The molecule has 0 radical (unpaired) electrons. The van der Waals surface area contributed by atoms with E-state index in [1.807, 2.05) is 158 Å². The zero-order chi connectivity index (χ0) is 61.6. The van der Waals surface area contributed by atoms with Gasteiger partial charge < -0.3 is 42.4 Å². The summed E-state index contributed by atoms with van der Waals surface area (Å²) >= 11 is 0. The number of benzene rings is 6. The Hall–Kier alpha value is -8.98. The molecule has 20 nitrogen and oxygen atoms in total. The molecule has 2 aliphatic heterocycles. The van der Waals surface area contributed by atoms with Crippen molar-refractivity contribution in [2.75, 3.05) is 41.7 Å². The van der Waals surface area contributed by atoms with Crippen molar-refractivity contribution < 1.29 is 51.5 Å². The van der Waals surface area contributed by atoms with E-state index >= 15 is 4.57 Å². The highest BCUT2D eigenvalue weighted by molar-refractivity contribution is 7.62. The molecule has 2 N–H and O–H groups in total. The monoisotopic (exact) mass is 1210 g/mol. The van der Waals surface area contributed by atoms with Gasteiger partial charge in [-0.2, -0.15) is 0 Å². The van der Waals surface area contributed by atoms with Crippen LogP contribution in [-0.2, 0) is 43.8 Å². The Labute approximate surface area is 506 Å². The molecule has 2 fully saturated rings. The lowest BCUT2D eigenvalue weighted by molar-refractivity contribution is -0.101. The predicted molar refractivity (Wildman–Crippen MR) is 327 cm³/mol. The van der Waals surface area contributed by atoms with E-state index in [2.05, 4.69) is 15.0 Å². The van der Waals surface area contributed by atoms with Crippen LogP contribution >= 0.6 is 7.60 Å². The number of nitrogens with one attached hydrogen (secondary N) is 2. The van der Waals surface area contributed by atoms with Crippen molar-refractivity contribution in [2.24, 2.45) is 0 Å². The lowest BCUT2D eigenvalue weighted by atomic mass is 9.79. The minimum absolute atomic E-state index is 0.0226. The molecule has 2 saturated heterocycles. The van der Waals surface area contributed by atoms with E-state index in [0.29, 0.717) is 34.1 Å². The van der Waals surface area contributed by atoms with Crippen molar-refractivity contribution in [3.63, 3.8) is 0 Å². The van der Waals surface area contributed by atoms with Gasteiger partial charge in [0.05, 0.1) is 53.1 Å². The van der Waals surface area contributed by atoms with Gasteiger partial charge in [-0.3, -0.25) is 42.8 Å². The fraction of sp³-hybridized carbons (Fsp3) is 0.269. The molecule has 7 atom stereocenters. The number of rotatable bonds is 23. The van der Waals surface area contributed by atoms with Gasteiger partial charge in [-0.1, -0.05) is 109 Å². The molecule has 3 aromatic heterocycles. The van der Waals surface area contributed by atoms with E-state index in [1.165, 1.54) is 33.9 Å². The highest BCUT2D eigenvalue weighted by atomic mass is 31.2. The summed E-state index contributed by atoms with van der Waals surface area (Å²) < 4.78 is 83.8. The summed E-state index contributed by atoms with van der Waals surface area (Å²) in [5.41, 5.74) is -0.548. The lowest BCUT2D eigenvalue weighted by Gasteiger charge is -2.39. The first-order chi connectivity index (χ1) is 42.7. The fourth-order valence-corrected chi connectivity index (χ4v) is 13.2. The molecule has 0 spiro atoms. The smallest absolute Gasteiger partial charge is 0.363 e. The zero-order valence-electron chi connectivity index (χ0n) is 49.2. The van der Waals surface area contributed by atoms with Gasteiger partial charge in [0.2, 0.25) is 0 Å². The largest absolute Gasteiger partial charge is 0.497 e. The summed E-state index contributed by atoms with van der Waals surface area (Å²) in [4.78, 5) is 62.2. The Morgan fingerprint density at radius 2 is 0.909 bits per heavy atom. The Bertz CT molecular complexity index is 4030. The first kappa shape index (κ1) is 60.7. The highest BCUT2D eigenvalue weighted by Crippen LogP contribution is 2.53. The van der Waals surface area contributed by atoms with Crippen molar-refractivity contribution in [1.29, 1.82) is 0 Å². The van der Waals surface area contributed by atoms with Gasteiger partial charge in [0, 0.05) is 48.8 Å². The maximum atomic E-state index is 16.4. The molecule has 9 aromatic rings. The van der Waals surface area contributed by atoms with Crippen LogP contribution in [-0.4, -0.2) is 90.2 Å². The molecule has 6 aromatic carbocycles. The van der Waals surface area contributed by atoms with Gasteiger partial charge in [0.1, 0.15) is 65.0 Å². The Balaban J connectivity index is 1.01. The molecule has 0 unspecified atom stereocenters. The molecule has 11 rings (SSSR count). The first-order valence-corrected chi connectivity index (χ1v) is 30.0. The van der Waals surface area contributed by atoms with Gasteiger partial charge in [-0.25, -0.2) is 9.59 Å². The van der Waals surface area contributed by atoms with Crippen molar-refractivity contribution >= 4 is 12.9 Å². The average Bonchev–Trinajstić information content (AvgIpc) is 1.40. The Morgan fingerprint density at radius 1 is 0.511 bits per heavy atom. The number of aromatic nitrogens is 5. The van der Waals surface area contributed by atoms with Crippen molar-refractivity contribution in [1.82, 2.24) is 24.1 Å². The quantitative estimate of drug-likeness (QED) is 0.0449. The number of ether oxygens (including phenoxy) is 8. The molecule has 0 amide bonds. The molecular formula is C67H66N5O15P. The molecule has 88 heavy (non-hydrogen) atoms. The third-order valence-electron chi connectivity index (χ3n) is 16.1. The average molecular weight is 1210 g/mol. The molecule has 0 bridgehead atoms. The van der Waals surface area contributed by atoms with Crippen LogP contribution < -0.4 is 46.8 Å². The van der Waals surface area contributed by atoms with E-state index in [9.17, 15) is 19.2 Å². The Morgan fingerprint density at radius 3 is 1.33 bits per heavy atom. The molecular weight excluding hydrogens is 1150 g/mol. The second kappa shape index (κ2) is 26.2. The predicted octanol–water partition coefficient (Wildman–Crippen LogP) is 9.01. The molecule has 5 heterocycles. The molecule has 2 aliphatic rings. The summed E-state index contributed by atoms with van der Waals surface area (Å²) in [6, 6.07) is 52.4. The summed E-state index contributed by atoms with van der Waals surface area (Å²) in [6.07, 6.45) is -0.842. The van der Waals surface area contributed by atoms with Crippen LogP contribution in [0.3, 0.4) is 0 Å². The summed E-state index contributed by atoms with van der Waals surface area (Å²) in [7, 11) is 1.69. The van der Waals surface area contributed by atoms with Gasteiger partial charge >= 0.3 is 19.0 Å². The van der Waals surface area contributed by atoms with E-state index in [4.69, 9.17) is 46.9 Å². The maximum Gasteiger partial charge on any atom is 0.363 e. The maximum absolute atomic E-state index is 16.4. The third kappa shape index (κ3) is 12.2. The van der Waals surface area contributed by atoms with Gasteiger partial charge in [0.25, 0.3) is 11.1 Å². The second-order valence-corrected chi connectivity index (χ2v) is 23.3. The topological polar surface area (TPSA) is 232 Å². The van der Waals surface area contributed by atoms with Crippen LogP contribution in [0.1, 0.15) is 69.8 Å². The molecule has 0 saturated carbocycles. The number of hydrogen-bond acceptors (Lipinski definition) is 16. The van der Waals surface area contributed by atoms with E-state index in [1.54, 1.807) is 54.4 Å². The summed E-state index contributed by atoms with van der Waals surface area (Å²) in [5, 5.41) is 0.0693. The fourth-order valence-electron chi connectivity index (χ4n) is 11.4. The van der Waals surface area contributed by atoms with Gasteiger partial charge in [-0.05, 0) is 108 Å². The summed E-state index contributed by atoms with van der Waals surface area (Å²) in [6.45, 7) is 2.44. The Kier molecular flexibility index (Phi) is 18.0. The molecule has 21 heteroatoms. The van der Waals surface area contributed by atoms with Crippen molar-refractivity contribution in [3.8, 4) is 23.0 Å². The number of pyridine rings is 1. The third-order valence-corrected chi connectivity index (χ3v) is 18.0. The van der Waals surface area contributed by atoms with Crippen LogP contribution in [0.25, 0.3) is 0 Å². The van der Waals surface area contributed by atoms with Crippen LogP contribution in [0, 0.1) is 13.8 Å². The van der Waals surface area contributed by atoms with E-state index in [0.717, 1.165) is 22.3 Å². The van der Waals surface area contributed by atoms with Crippen LogP contribution in [0.15, 0.2) is 214 Å². The molecule has 454 valence electrons. The number of methoxy groups -OCH3 is 4.